The van der Waals surface area contributed by atoms with E-state index in [0.717, 1.165) is 11.6 Å². The molecule has 1 N–H and O–H groups in total. The number of nitrogens with zero attached hydrogens (tertiary/aromatic N) is 1. The molecule has 14 heavy (non-hydrogen) atoms. The molecule has 3 atom stereocenters. The third-order valence-electron chi connectivity index (χ3n) is 3.34. The average molecular weight is 213 g/mol. The van der Waals surface area contributed by atoms with Crippen molar-refractivity contribution in [2.75, 3.05) is 20.6 Å². The van der Waals surface area contributed by atoms with Crippen LogP contribution in [0.1, 0.15) is 6.42 Å². The fourth-order valence-corrected chi connectivity index (χ4v) is 2.69. The number of hydrogen-bond acceptors (Lipinski definition) is 2. The fraction of sp³-hybridized carbons (Fsp3) is 0.636. The van der Waals surface area contributed by atoms with E-state index in [9.17, 15) is 0 Å². The van der Waals surface area contributed by atoms with E-state index in [-0.39, 0.29) is 0 Å². The maximum absolute atomic E-state index is 6.03. The summed E-state index contributed by atoms with van der Waals surface area (Å²) < 4.78 is 0. The van der Waals surface area contributed by atoms with Crippen LogP contribution in [0.2, 0.25) is 0 Å². The van der Waals surface area contributed by atoms with Gasteiger partial charge in [-0.05, 0) is 33.1 Å². The number of halogens is 1. The summed E-state index contributed by atoms with van der Waals surface area (Å²) in [6.07, 6.45) is 7.61. The van der Waals surface area contributed by atoms with E-state index in [1.54, 1.807) is 0 Å². The summed E-state index contributed by atoms with van der Waals surface area (Å²) in [5.74, 6) is 0.524. The van der Waals surface area contributed by atoms with E-state index >= 15 is 0 Å². The first-order valence-corrected chi connectivity index (χ1v) is 5.53. The molecule has 0 saturated carbocycles. The number of nitrogens with one attached hydrogen (secondary N) is 1. The van der Waals surface area contributed by atoms with Gasteiger partial charge in [0.15, 0.2) is 0 Å². The number of allylic oxidation sites excluding steroid dienone is 2. The summed E-state index contributed by atoms with van der Waals surface area (Å²) in [5.41, 5.74) is 0. The molecule has 1 aliphatic carbocycles. The van der Waals surface area contributed by atoms with Gasteiger partial charge in [0, 0.05) is 23.0 Å². The van der Waals surface area contributed by atoms with E-state index in [4.69, 9.17) is 11.6 Å². The average Bonchev–Trinajstić information content (AvgIpc) is 2.18. The Hall–Kier alpha value is -0.310. The van der Waals surface area contributed by atoms with Gasteiger partial charge in [-0.3, -0.25) is 4.90 Å². The largest absolute Gasteiger partial charge is 0.316 e. The lowest BCUT2D eigenvalue weighted by molar-refractivity contribution is 0.146. The van der Waals surface area contributed by atoms with Gasteiger partial charge in [-0.25, -0.2) is 0 Å². The van der Waals surface area contributed by atoms with Crippen LogP contribution in [-0.2, 0) is 0 Å². The third-order valence-corrected chi connectivity index (χ3v) is 3.59. The van der Waals surface area contributed by atoms with E-state index in [2.05, 4.69) is 29.4 Å². The molecule has 0 amide bonds. The normalized spacial score (nSPS) is 37.9. The van der Waals surface area contributed by atoms with Crippen molar-refractivity contribution < 1.29 is 0 Å². The molecular weight excluding hydrogens is 196 g/mol. The van der Waals surface area contributed by atoms with Crippen molar-refractivity contribution in [2.45, 2.75) is 18.5 Å². The monoisotopic (exact) mass is 212 g/mol. The molecule has 1 saturated heterocycles. The van der Waals surface area contributed by atoms with E-state index in [1.807, 2.05) is 13.1 Å². The molecule has 2 aliphatic rings. The van der Waals surface area contributed by atoms with Crippen LogP contribution in [0, 0.1) is 5.92 Å². The lowest BCUT2D eigenvalue weighted by Gasteiger charge is -2.42. The molecule has 0 bridgehead atoms. The third kappa shape index (κ3) is 1.74. The number of piperidine rings is 1. The highest BCUT2D eigenvalue weighted by Gasteiger charge is 2.34. The molecule has 1 fully saturated rings. The van der Waals surface area contributed by atoms with Crippen LogP contribution in [0.5, 0.6) is 0 Å². The summed E-state index contributed by atoms with van der Waals surface area (Å²) >= 11 is 6.03. The molecule has 1 aliphatic heterocycles. The number of rotatable bonds is 1. The zero-order valence-electron chi connectivity index (χ0n) is 8.70. The first-order chi connectivity index (χ1) is 6.72. The van der Waals surface area contributed by atoms with Crippen LogP contribution in [-0.4, -0.2) is 37.6 Å². The molecule has 3 unspecified atom stereocenters. The van der Waals surface area contributed by atoms with Crippen molar-refractivity contribution in [1.29, 1.82) is 0 Å². The van der Waals surface area contributed by atoms with Gasteiger partial charge in [0.2, 0.25) is 0 Å². The molecule has 3 heteroatoms. The zero-order chi connectivity index (χ0) is 10.1. The predicted octanol–water partition coefficient (Wildman–Crippen LogP) is 1.59. The van der Waals surface area contributed by atoms with E-state index < -0.39 is 0 Å². The fourth-order valence-electron chi connectivity index (χ4n) is 2.47. The molecule has 1 heterocycles. The van der Waals surface area contributed by atoms with Gasteiger partial charge in [-0.15, -0.1) is 0 Å². The Bertz CT molecular complexity index is 272. The van der Waals surface area contributed by atoms with Gasteiger partial charge in [0.05, 0.1) is 0 Å². The minimum Gasteiger partial charge on any atom is -0.316 e. The van der Waals surface area contributed by atoms with Crippen LogP contribution in [0.15, 0.2) is 23.3 Å². The van der Waals surface area contributed by atoms with Crippen molar-refractivity contribution in [1.82, 2.24) is 10.2 Å². The Morgan fingerprint density at radius 3 is 3.07 bits per heavy atom. The first kappa shape index (κ1) is 10.2. The smallest absolute Gasteiger partial charge is 0.0367 e. The van der Waals surface area contributed by atoms with Crippen LogP contribution in [0.25, 0.3) is 0 Å². The Labute approximate surface area is 90.6 Å². The van der Waals surface area contributed by atoms with E-state index in [1.165, 1.54) is 6.42 Å². The summed E-state index contributed by atoms with van der Waals surface area (Å²) in [7, 11) is 4.22. The topological polar surface area (TPSA) is 15.3 Å². The molecule has 2 nitrogen and oxygen atoms in total. The van der Waals surface area contributed by atoms with Crippen molar-refractivity contribution in [3.05, 3.63) is 23.3 Å². The maximum Gasteiger partial charge on any atom is 0.0367 e. The Morgan fingerprint density at radius 2 is 2.36 bits per heavy atom. The van der Waals surface area contributed by atoms with Gasteiger partial charge in [-0.1, -0.05) is 23.8 Å². The maximum atomic E-state index is 6.03. The minimum absolute atomic E-state index is 0.517. The Balaban J connectivity index is 2.21. The van der Waals surface area contributed by atoms with Crippen LogP contribution >= 0.6 is 11.6 Å². The van der Waals surface area contributed by atoms with Crippen LogP contribution in [0.3, 0.4) is 0 Å². The lowest BCUT2D eigenvalue weighted by atomic mass is 9.82. The van der Waals surface area contributed by atoms with Crippen LogP contribution in [0.4, 0.5) is 0 Å². The van der Waals surface area contributed by atoms with Gasteiger partial charge in [-0.2, -0.15) is 0 Å². The lowest BCUT2D eigenvalue weighted by Crippen LogP contribution is -2.52. The molecule has 0 aromatic heterocycles. The van der Waals surface area contributed by atoms with Gasteiger partial charge in [0.1, 0.15) is 0 Å². The first-order valence-electron chi connectivity index (χ1n) is 5.15. The Morgan fingerprint density at radius 1 is 1.57 bits per heavy atom. The van der Waals surface area contributed by atoms with Crippen molar-refractivity contribution in [2.24, 2.45) is 5.92 Å². The van der Waals surface area contributed by atoms with Crippen molar-refractivity contribution >= 4 is 11.6 Å². The van der Waals surface area contributed by atoms with Crippen molar-refractivity contribution in [3.63, 3.8) is 0 Å². The zero-order valence-corrected chi connectivity index (χ0v) is 9.46. The number of fused-ring (bicyclic) bond motifs is 1. The van der Waals surface area contributed by atoms with Crippen molar-refractivity contribution in [3.8, 4) is 0 Å². The molecule has 0 radical (unpaired) electrons. The summed E-state index contributed by atoms with van der Waals surface area (Å²) in [6, 6.07) is 1.08. The molecule has 2 rings (SSSR count). The standard InChI is InChI=1S/C11H17ClN2/c1-13-10-5-6-14(2)11-4-3-8(12)7-9(10)11/h3-4,7,9-11,13H,5-6H2,1-2H3. The molecule has 0 spiro atoms. The molecular formula is C11H17ClN2. The van der Waals surface area contributed by atoms with Crippen LogP contribution < -0.4 is 5.32 Å². The summed E-state index contributed by atoms with van der Waals surface area (Å²) in [6.45, 7) is 1.16. The number of likely N-dealkylation sites (tertiary alicyclic amines) is 1. The number of hydrogen-bond donors (Lipinski definition) is 1. The summed E-state index contributed by atoms with van der Waals surface area (Å²) in [5, 5.41) is 4.26. The van der Waals surface area contributed by atoms with E-state index in [0.29, 0.717) is 18.0 Å². The molecule has 0 aromatic rings. The molecule has 0 aromatic carbocycles. The second-order valence-corrected chi connectivity index (χ2v) is 4.58. The van der Waals surface area contributed by atoms with Gasteiger partial charge >= 0.3 is 0 Å². The second-order valence-electron chi connectivity index (χ2n) is 4.14. The van der Waals surface area contributed by atoms with Gasteiger partial charge in [0.25, 0.3) is 0 Å². The Kier molecular flexibility index (Phi) is 2.96. The highest BCUT2D eigenvalue weighted by Crippen LogP contribution is 2.30. The minimum atomic E-state index is 0.517. The SMILES string of the molecule is CNC1CCN(C)C2C=CC(Cl)=CC12. The predicted molar refractivity (Wildman–Crippen MR) is 60.4 cm³/mol. The highest BCUT2D eigenvalue weighted by molar-refractivity contribution is 6.31. The highest BCUT2D eigenvalue weighted by atomic mass is 35.5. The quantitative estimate of drug-likeness (QED) is 0.710. The molecule has 78 valence electrons. The second kappa shape index (κ2) is 4.05. The summed E-state index contributed by atoms with van der Waals surface area (Å²) in [4.78, 5) is 2.40. The van der Waals surface area contributed by atoms with Gasteiger partial charge < -0.3 is 5.32 Å². The number of likely N-dealkylation sites (N-methyl/N-ethyl adjacent to an activating group) is 1.